The van der Waals surface area contributed by atoms with Crippen LogP contribution in [0.5, 0.6) is 0 Å². The molecule has 3 fully saturated rings. The highest BCUT2D eigenvalue weighted by molar-refractivity contribution is 6.19. The third-order valence-corrected chi connectivity index (χ3v) is 5.68. The first-order valence-corrected chi connectivity index (χ1v) is 9.12. The third kappa shape index (κ3) is 2.90. The van der Waals surface area contributed by atoms with E-state index in [1.807, 2.05) is 23.1 Å². The number of carbonyl (C=O) groups is 3. The fourth-order valence-corrected chi connectivity index (χ4v) is 3.95. The predicted molar refractivity (Wildman–Crippen MR) is 93.0 cm³/mol. The average Bonchev–Trinajstić information content (AvgIpc) is 2.89. The van der Waals surface area contributed by atoms with E-state index in [2.05, 4.69) is 0 Å². The number of hydrogen-bond acceptors (Lipinski definition) is 3. The summed E-state index contributed by atoms with van der Waals surface area (Å²) < 4.78 is 0. The smallest absolute Gasteiger partial charge is 0.332 e. The van der Waals surface area contributed by atoms with Gasteiger partial charge in [-0.05, 0) is 37.8 Å². The fourth-order valence-electron chi connectivity index (χ4n) is 3.95. The molecule has 0 spiro atoms. The molecule has 0 bridgehead atoms. The van der Waals surface area contributed by atoms with Crippen LogP contribution < -0.4 is 4.90 Å². The Morgan fingerprint density at radius 1 is 0.960 bits per heavy atom. The Morgan fingerprint density at radius 2 is 1.64 bits per heavy atom. The predicted octanol–water partition coefficient (Wildman–Crippen LogP) is 2.25. The molecule has 0 aromatic heterocycles. The van der Waals surface area contributed by atoms with Crippen LogP contribution in [0.1, 0.15) is 32.1 Å². The Hall–Kier alpha value is -2.37. The first kappa shape index (κ1) is 16.1. The lowest BCUT2D eigenvalue weighted by Gasteiger charge is -2.39. The highest BCUT2D eigenvalue weighted by Gasteiger charge is 2.42. The molecule has 1 aromatic carbocycles. The van der Waals surface area contributed by atoms with E-state index >= 15 is 0 Å². The molecule has 0 N–H and O–H groups in total. The number of likely N-dealkylation sites (tertiary alicyclic amines) is 1. The summed E-state index contributed by atoms with van der Waals surface area (Å²) in [4.78, 5) is 42.3. The van der Waals surface area contributed by atoms with Gasteiger partial charge >= 0.3 is 6.03 Å². The minimum absolute atomic E-state index is 0.0376. The maximum atomic E-state index is 12.7. The van der Waals surface area contributed by atoms with Crippen LogP contribution in [0.15, 0.2) is 30.3 Å². The summed E-state index contributed by atoms with van der Waals surface area (Å²) in [7, 11) is 0. The second-order valence-corrected chi connectivity index (χ2v) is 7.16. The number of nitrogens with zero attached hydrogens (tertiary/aromatic N) is 3. The lowest BCUT2D eigenvalue weighted by Crippen LogP contribution is -2.49. The highest BCUT2D eigenvalue weighted by atomic mass is 16.2. The van der Waals surface area contributed by atoms with Gasteiger partial charge in [-0.3, -0.25) is 9.59 Å². The second kappa shape index (κ2) is 6.50. The Morgan fingerprint density at radius 3 is 2.24 bits per heavy atom. The Kier molecular flexibility index (Phi) is 4.19. The molecule has 6 heteroatoms. The summed E-state index contributed by atoms with van der Waals surface area (Å²) in [5.74, 6) is 0.323. The molecular weight excluding hydrogens is 318 g/mol. The molecule has 0 atom stereocenters. The molecule has 1 aromatic rings. The largest absolute Gasteiger partial charge is 0.342 e. The SMILES string of the molecule is O=C(C1CCC1)N1CCC(N2CC(=O)N(c3ccccc3)C2=O)CC1. The van der Waals surface area contributed by atoms with Gasteiger partial charge in [-0.15, -0.1) is 0 Å². The van der Waals surface area contributed by atoms with Crippen molar-refractivity contribution in [1.29, 1.82) is 0 Å². The van der Waals surface area contributed by atoms with Crippen molar-refractivity contribution >= 4 is 23.5 Å². The molecule has 1 saturated carbocycles. The maximum Gasteiger partial charge on any atom is 0.332 e. The standard InChI is InChI=1S/C19H23N3O3/c23-17-13-21(19(25)22(17)16-7-2-1-3-8-16)15-9-11-20(12-10-15)18(24)14-5-4-6-14/h1-3,7-8,14-15H,4-6,9-13H2. The van der Waals surface area contributed by atoms with Crippen LogP contribution in [-0.4, -0.2) is 53.3 Å². The van der Waals surface area contributed by atoms with Gasteiger partial charge in [0.05, 0.1) is 5.69 Å². The summed E-state index contributed by atoms with van der Waals surface area (Å²) in [5.41, 5.74) is 0.623. The van der Waals surface area contributed by atoms with E-state index in [-0.39, 0.29) is 36.3 Å². The van der Waals surface area contributed by atoms with Gasteiger partial charge in [-0.1, -0.05) is 24.6 Å². The van der Waals surface area contributed by atoms with Crippen molar-refractivity contribution in [3.63, 3.8) is 0 Å². The third-order valence-electron chi connectivity index (χ3n) is 5.68. The van der Waals surface area contributed by atoms with Gasteiger partial charge in [0.1, 0.15) is 6.54 Å². The summed E-state index contributed by atoms with van der Waals surface area (Å²) in [6.45, 7) is 1.50. The molecule has 25 heavy (non-hydrogen) atoms. The topological polar surface area (TPSA) is 60.9 Å². The number of imide groups is 1. The van der Waals surface area contributed by atoms with Crippen LogP contribution in [0.3, 0.4) is 0 Å². The molecule has 0 radical (unpaired) electrons. The average molecular weight is 341 g/mol. The summed E-state index contributed by atoms with van der Waals surface area (Å²) in [6, 6.07) is 8.86. The maximum absolute atomic E-state index is 12.7. The van der Waals surface area contributed by atoms with Gasteiger partial charge in [0.25, 0.3) is 5.91 Å². The minimum atomic E-state index is -0.236. The van der Waals surface area contributed by atoms with Crippen molar-refractivity contribution in [2.24, 2.45) is 5.92 Å². The number of rotatable bonds is 3. The van der Waals surface area contributed by atoms with Gasteiger partial charge in [0.2, 0.25) is 5.91 Å². The van der Waals surface area contributed by atoms with Gasteiger partial charge in [-0.2, -0.15) is 0 Å². The van der Waals surface area contributed by atoms with Crippen molar-refractivity contribution in [3.8, 4) is 0 Å². The van der Waals surface area contributed by atoms with Crippen LogP contribution in [0, 0.1) is 5.92 Å². The normalized spacial score (nSPS) is 22.5. The van der Waals surface area contributed by atoms with Crippen LogP contribution >= 0.6 is 0 Å². The Bertz CT molecular complexity index is 678. The van der Waals surface area contributed by atoms with E-state index in [9.17, 15) is 14.4 Å². The van der Waals surface area contributed by atoms with E-state index in [0.717, 1.165) is 32.1 Å². The minimum Gasteiger partial charge on any atom is -0.342 e. The molecule has 6 nitrogen and oxygen atoms in total. The molecule has 132 valence electrons. The van der Waals surface area contributed by atoms with Crippen molar-refractivity contribution in [3.05, 3.63) is 30.3 Å². The van der Waals surface area contributed by atoms with Gasteiger partial charge in [0.15, 0.2) is 0 Å². The molecule has 1 aliphatic carbocycles. The molecule has 0 unspecified atom stereocenters. The molecule has 2 aliphatic heterocycles. The van der Waals surface area contributed by atoms with Crippen LogP contribution in [0.2, 0.25) is 0 Å². The zero-order chi connectivity index (χ0) is 17.4. The molecule has 4 rings (SSSR count). The number of piperidine rings is 1. The Balaban J connectivity index is 1.39. The van der Waals surface area contributed by atoms with E-state index in [1.54, 1.807) is 17.0 Å². The quantitative estimate of drug-likeness (QED) is 0.792. The van der Waals surface area contributed by atoms with Crippen molar-refractivity contribution in [2.75, 3.05) is 24.5 Å². The van der Waals surface area contributed by atoms with Crippen LogP contribution in [0.4, 0.5) is 10.5 Å². The number of amides is 4. The summed E-state index contributed by atoms with van der Waals surface area (Å²) in [5, 5.41) is 0. The molecular formula is C19H23N3O3. The summed E-state index contributed by atoms with van der Waals surface area (Å²) >= 11 is 0. The lowest BCUT2D eigenvalue weighted by molar-refractivity contribution is -0.139. The second-order valence-electron chi connectivity index (χ2n) is 7.16. The van der Waals surface area contributed by atoms with E-state index < -0.39 is 0 Å². The molecule has 4 amide bonds. The van der Waals surface area contributed by atoms with E-state index in [0.29, 0.717) is 18.8 Å². The van der Waals surface area contributed by atoms with Crippen molar-refractivity contribution < 1.29 is 14.4 Å². The number of carbonyl (C=O) groups excluding carboxylic acids is 3. The number of para-hydroxylation sites is 1. The molecule has 2 saturated heterocycles. The van der Waals surface area contributed by atoms with Crippen LogP contribution in [0.25, 0.3) is 0 Å². The first-order valence-electron chi connectivity index (χ1n) is 9.12. The number of benzene rings is 1. The summed E-state index contributed by atoms with van der Waals surface area (Å²) in [6.07, 6.45) is 4.70. The van der Waals surface area contributed by atoms with Gasteiger partial charge in [-0.25, -0.2) is 9.69 Å². The zero-order valence-electron chi connectivity index (χ0n) is 14.3. The first-order chi connectivity index (χ1) is 12.1. The fraction of sp³-hybridized carbons (Fsp3) is 0.526. The number of urea groups is 1. The van der Waals surface area contributed by atoms with Crippen LogP contribution in [-0.2, 0) is 9.59 Å². The van der Waals surface area contributed by atoms with E-state index in [1.165, 1.54) is 4.90 Å². The molecule has 3 aliphatic rings. The lowest BCUT2D eigenvalue weighted by atomic mass is 9.84. The van der Waals surface area contributed by atoms with Gasteiger partial charge in [0, 0.05) is 25.0 Å². The monoisotopic (exact) mass is 341 g/mol. The number of anilines is 1. The van der Waals surface area contributed by atoms with E-state index in [4.69, 9.17) is 0 Å². The Labute approximate surface area is 147 Å². The highest BCUT2D eigenvalue weighted by Crippen LogP contribution is 2.31. The van der Waals surface area contributed by atoms with Crippen molar-refractivity contribution in [2.45, 2.75) is 38.1 Å². The zero-order valence-corrected chi connectivity index (χ0v) is 14.3. The van der Waals surface area contributed by atoms with Gasteiger partial charge < -0.3 is 9.80 Å². The number of hydrogen-bond donors (Lipinski definition) is 0. The molecule has 2 heterocycles. The van der Waals surface area contributed by atoms with Crippen molar-refractivity contribution in [1.82, 2.24) is 9.80 Å².